The number of hydrogen-bond acceptors (Lipinski definition) is 4. The summed E-state index contributed by atoms with van der Waals surface area (Å²) in [5, 5.41) is 0. The Morgan fingerprint density at radius 3 is 2.56 bits per heavy atom. The highest BCUT2D eigenvalue weighted by Crippen LogP contribution is 2.22. The molecular formula is C26H26N4O2. The van der Waals surface area contributed by atoms with E-state index in [1.807, 2.05) is 42.6 Å². The summed E-state index contributed by atoms with van der Waals surface area (Å²) >= 11 is 0. The summed E-state index contributed by atoms with van der Waals surface area (Å²) in [5.41, 5.74) is 3.58. The molecule has 0 unspecified atom stereocenters. The van der Waals surface area contributed by atoms with E-state index in [1.54, 1.807) is 46.5 Å². The topological polar surface area (TPSA) is 66.4 Å². The fraction of sp³-hybridized carbons (Fsp3) is 0.231. The molecule has 4 rings (SSSR count). The first-order valence-corrected chi connectivity index (χ1v) is 10.7. The minimum atomic E-state index is -0.325. The van der Waals surface area contributed by atoms with Crippen LogP contribution in [-0.4, -0.2) is 57.8 Å². The van der Waals surface area contributed by atoms with Gasteiger partial charge in [0.2, 0.25) is 5.91 Å². The summed E-state index contributed by atoms with van der Waals surface area (Å²) < 4.78 is 0. The van der Waals surface area contributed by atoms with Gasteiger partial charge in [0.1, 0.15) is 5.69 Å². The van der Waals surface area contributed by atoms with Gasteiger partial charge >= 0.3 is 0 Å². The second kappa shape index (κ2) is 10.0. The zero-order valence-corrected chi connectivity index (χ0v) is 17.9. The maximum absolute atomic E-state index is 13.2. The van der Waals surface area contributed by atoms with E-state index in [1.165, 1.54) is 0 Å². The molecule has 0 saturated carbocycles. The average molecular weight is 427 g/mol. The molecule has 0 aliphatic carbocycles. The standard InChI is InChI=1S/C26H26N4O2/c1-2-14-29-15-16-30(26(32)24-7-3-4-13-28-24)19-23(25(29)31)17-20-8-10-21(11-9-20)22-6-5-12-27-18-22/h2-13,18,23H,1,14-17,19H2/t23-/m0/s1. The third-order valence-corrected chi connectivity index (χ3v) is 5.69. The lowest BCUT2D eigenvalue weighted by Gasteiger charge is -2.23. The van der Waals surface area contributed by atoms with Gasteiger partial charge in [0, 0.05) is 44.8 Å². The Morgan fingerprint density at radius 2 is 1.88 bits per heavy atom. The third-order valence-electron chi connectivity index (χ3n) is 5.69. The summed E-state index contributed by atoms with van der Waals surface area (Å²) in [4.78, 5) is 38.2. The number of rotatable bonds is 6. The Balaban J connectivity index is 1.54. The average Bonchev–Trinajstić information content (AvgIpc) is 3.00. The van der Waals surface area contributed by atoms with Crippen LogP contribution in [0.15, 0.2) is 85.8 Å². The fourth-order valence-corrected chi connectivity index (χ4v) is 4.02. The number of nitrogens with zero attached hydrogens (tertiary/aromatic N) is 4. The molecule has 3 heterocycles. The lowest BCUT2D eigenvalue weighted by atomic mass is 9.96. The Labute approximate surface area is 188 Å². The van der Waals surface area contributed by atoms with Crippen molar-refractivity contribution < 1.29 is 9.59 Å². The van der Waals surface area contributed by atoms with Gasteiger partial charge in [0.15, 0.2) is 0 Å². The van der Waals surface area contributed by atoms with Crippen LogP contribution in [0.3, 0.4) is 0 Å². The molecule has 1 fully saturated rings. The highest BCUT2D eigenvalue weighted by Gasteiger charge is 2.32. The van der Waals surface area contributed by atoms with Crippen molar-refractivity contribution in [3.63, 3.8) is 0 Å². The zero-order valence-electron chi connectivity index (χ0n) is 17.9. The molecular weight excluding hydrogens is 400 g/mol. The number of hydrogen-bond donors (Lipinski definition) is 0. The molecule has 3 aromatic rings. The Kier molecular flexibility index (Phi) is 6.70. The van der Waals surface area contributed by atoms with Gasteiger partial charge in [-0.2, -0.15) is 0 Å². The van der Waals surface area contributed by atoms with Gasteiger partial charge in [-0.15, -0.1) is 6.58 Å². The minimum Gasteiger partial charge on any atom is -0.337 e. The predicted molar refractivity (Wildman–Crippen MR) is 124 cm³/mol. The summed E-state index contributed by atoms with van der Waals surface area (Å²) in [5.74, 6) is -0.414. The molecule has 1 aliphatic rings. The van der Waals surface area contributed by atoms with E-state index in [-0.39, 0.29) is 17.7 Å². The highest BCUT2D eigenvalue weighted by molar-refractivity contribution is 5.93. The van der Waals surface area contributed by atoms with Crippen LogP contribution in [0.1, 0.15) is 16.1 Å². The van der Waals surface area contributed by atoms with E-state index < -0.39 is 0 Å². The van der Waals surface area contributed by atoms with Crippen molar-refractivity contribution in [2.24, 2.45) is 5.92 Å². The number of carbonyl (C=O) groups excluding carboxylic acids is 2. The molecule has 6 heteroatoms. The molecule has 6 nitrogen and oxygen atoms in total. The van der Waals surface area contributed by atoms with Crippen LogP contribution in [-0.2, 0) is 11.2 Å². The predicted octanol–water partition coefficient (Wildman–Crippen LogP) is 3.47. The van der Waals surface area contributed by atoms with Gasteiger partial charge in [0.05, 0.1) is 5.92 Å². The van der Waals surface area contributed by atoms with Crippen LogP contribution in [0.25, 0.3) is 11.1 Å². The van der Waals surface area contributed by atoms with Gasteiger partial charge < -0.3 is 9.80 Å². The smallest absolute Gasteiger partial charge is 0.272 e. The van der Waals surface area contributed by atoms with Crippen LogP contribution in [0.2, 0.25) is 0 Å². The van der Waals surface area contributed by atoms with Crippen LogP contribution < -0.4 is 0 Å². The van der Waals surface area contributed by atoms with Crippen molar-refractivity contribution in [3.8, 4) is 11.1 Å². The number of carbonyl (C=O) groups is 2. The first-order valence-electron chi connectivity index (χ1n) is 10.7. The molecule has 2 aromatic heterocycles. The van der Waals surface area contributed by atoms with E-state index in [0.29, 0.717) is 38.3 Å². The number of aromatic nitrogens is 2. The highest BCUT2D eigenvalue weighted by atomic mass is 16.2. The molecule has 1 aliphatic heterocycles. The number of pyridine rings is 2. The quantitative estimate of drug-likeness (QED) is 0.566. The maximum Gasteiger partial charge on any atom is 0.272 e. The van der Waals surface area contributed by atoms with Gasteiger partial charge in [-0.1, -0.05) is 42.5 Å². The minimum absolute atomic E-state index is 0.0533. The zero-order chi connectivity index (χ0) is 22.3. The molecule has 162 valence electrons. The molecule has 0 spiro atoms. The van der Waals surface area contributed by atoms with Crippen LogP contribution in [0.5, 0.6) is 0 Å². The van der Waals surface area contributed by atoms with Gasteiger partial charge in [-0.05, 0) is 41.3 Å². The van der Waals surface area contributed by atoms with Crippen molar-refractivity contribution >= 4 is 11.8 Å². The first-order chi connectivity index (χ1) is 15.7. The lowest BCUT2D eigenvalue weighted by Crippen LogP contribution is -2.38. The molecule has 1 saturated heterocycles. The summed E-state index contributed by atoms with van der Waals surface area (Å²) in [7, 11) is 0. The fourth-order valence-electron chi connectivity index (χ4n) is 4.02. The second-order valence-electron chi connectivity index (χ2n) is 7.88. The van der Waals surface area contributed by atoms with E-state index in [4.69, 9.17) is 0 Å². The summed E-state index contributed by atoms with van der Waals surface area (Å²) in [6.07, 6.45) is 7.49. The van der Waals surface area contributed by atoms with Crippen molar-refractivity contribution in [2.75, 3.05) is 26.2 Å². The van der Waals surface area contributed by atoms with E-state index in [0.717, 1.165) is 16.7 Å². The van der Waals surface area contributed by atoms with Crippen molar-refractivity contribution in [3.05, 3.63) is 97.1 Å². The van der Waals surface area contributed by atoms with Gasteiger partial charge in [-0.25, -0.2) is 0 Å². The monoisotopic (exact) mass is 426 g/mol. The van der Waals surface area contributed by atoms with Crippen molar-refractivity contribution in [1.82, 2.24) is 19.8 Å². The molecule has 1 atom stereocenters. The second-order valence-corrected chi connectivity index (χ2v) is 7.88. The first kappa shape index (κ1) is 21.4. The Bertz CT molecular complexity index is 1070. The van der Waals surface area contributed by atoms with Crippen LogP contribution in [0, 0.1) is 5.92 Å². The van der Waals surface area contributed by atoms with E-state index in [9.17, 15) is 9.59 Å². The Morgan fingerprint density at radius 1 is 1.03 bits per heavy atom. The molecule has 0 bridgehead atoms. The van der Waals surface area contributed by atoms with Gasteiger partial charge in [0.25, 0.3) is 5.91 Å². The molecule has 1 aromatic carbocycles. The van der Waals surface area contributed by atoms with E-state index in [2.05, 4.69) is 16.5 Å². The third kappa shape index (κ3) is 4.91. The Hall–Kier alpha value is -3.80. The lowest BCUT2D eigenvalue weighted by molar-refractivity contribution is -0.134. The molecule has 2 amide bonds. The maximum atomic E-state index is 13.2. The largest absolute Gasteiger partial charge is 0.337 e. The summed E-state index contributed by atoms with van der Waals surface area (Å²) in [6.45, 7) is 5.58. The van der Waals surface area contributed by atoms with Gasteiger partial charge in [-0.3, -0.25) is 19.6 Å². The molecule has 0 N–H and O–H groups in total. The SMILES string of the molecule is C=CCN1CCN(C(=O)c2ccccn2)C[C@H](Cc2ccc(-c3cccnc3)cc2)C1=O. The number of benzene rings is 1. The molecule has 32 heavy (non-hydrogen) atoms. The normalized spacial score (nSPS) is 16.5. The van der Waals surface area contributed by atoms with E-state index >= 15 is 0 Å². The van der Waals surface area contributed by atoms with Crippen LogP contribution in [0.4, 0.5) is 0 Å². The number of amides is 2. The molecule has 0 radical (unpaired) electrons. The van der Waals surface area contributed by atoms with Crippen molar-refractivity contribution in [2.45, 2.75) is 6.42 Å². The van der Waals surface area contributed by atoms with Crippen LogP contribution >= 0.6 is 0 Å². The summed E-state index contributed by atoms with van der Waals surface area (Å²) in [6, 6.07) is 17.4. The van der Waals surface area contributed by atoms with Crippen molar-refractivity contribution in [1.29, 1.82) is 0 Å².